The largest absolute Gasteiger partial charge is 0.389 e. The van der Waals surface area contributed by atoms with E-state index in [0.717, 1.165) is 37.8 Å². The molecular weight excluding hydrogens is 304 g/mol. The molecule has 24 heavy (non-hydrogen) atoms. The van der Waals surface area contributed by atoms with Gasteiger partial charge in [0.15, 0.2) is 0 Å². The van der Waals surface area contributed by atoms with Crippen molar-refractivity contribution in [3.63, 3.8) is 0 Å². The summed E-state index contributed by atoms with van der Waals surface area (Å²) in [7, 11) is 3.60. The number of carbonyl (C=O) groups excluding carboxylic acids is 1. The first kappa shape index (κ1) is 17.4. The number of nitrogens with one attached hydrogen (secondary N) is 1. The third-order valence-corrected chi connectivity index (χ3v) is 5.85. The van der Waals surface area contributed by atoms with Crippen molar-refractivity contribution in [1.82, 2.24) is 20.0 Å². The first-order valence-corrected chi connectivity index (χ1v) is 9.05. The van der Waals surface area contributed by atoms with Gasteiger partial charge in [0.25, 0.3) is 0 Å². The van der Waals surface area contributed by atoms with E-state index in [1.165, 1.54) is 0 Å². The van der Waals surface area contributed by atoms with Gasteiger partial charge >= 0.3 is 0 Å². The van der Waals surface area contributed by atoms with E-state index in [0.29, 0.717) is 19.0 Å². The molecule has 1 amide bonds. The first-order valence-electron chi connectivity index (χ1n) is 9.05. The van der Waals surface area contributed by atoms with Gasteiger partial charge in [0.2, 0.25) is 5.91 Å². The van der Waals surface area contributed by atoms with E-state index in [1.54, 1.807) is 11.7 Å². The molecule has 1 aromatic rings. The van der Waals surface area contributed by atoms with E-state index >= 15 is 0 Å². The van der Waals surface area contributed by atoms with E-state index < -0.39 is 5.60 Å². The molecule has 1 aromatic heterocycles. The number of rotatable bonds is 4. The van der Waals surface area contributed by atoms with Gasteiger partial charge in [-0.2, -0.15) is 5.10 Å². The van der Waals surface area contributed by atoms with Crippen molar-refractivity contribution in [3.8, 4) is 0 Å². The summed E-state index contributed by atoms with van der Waals surface area (Å²) in [5.41, 5.74) is 0.515. The normalized spacial score (nSPS) is 34.4. The zero-order valence-electron chi connectivity index (χ0n) is 15.0. The Kier molecular flexibility index (Phi) is 4.97. The van der Waals surface area contributed by atoms with E-state index in [9.17, 15) is 9.90 Å². The number of likely N-dealkylation sites (tertiary alicyclic amines) is 1. The highest BCUT2D eigenvalue weighted by Crippen LogP contribution is 2.37. The maximum Gasteiger partial charge on any atom is 0.224 e. The molecule has 0 spiro atoms. The van der Waals surface area contributed by atoms with Crippen molar-refractivity contribution in [2.75, 3.05) is 26.7 Å². The molecule has 2 heterocycles. The predicted octanol–water partition coefficient (Wildman–Crippen LogP) is 1.12. The number of amides is 1. The third-order valence-electron chi connectivity index (χ3n) is 5.85. The fourth-order valence-electron chi connectivity index (χ4n) is 4.31. The number of carbonyl (C=O) groups is 1. The minimum Gasteiger partial charge on any atom is -0.389 e. The summed E-state index contributed by atoms with van der Waals surface area (Å²) >= 11 is 0. The second kappa shape index (κ2) is 6.84. The Balaban J connectivity index is 1.71. The molecule has 3 rings (SSSR count). The number of aliphatic hydroxyl groups is 1. The topological polar surface area (TPSA) is 70.4 Å². The highest BCUT2D eigenvalue weighted by molar-refractivity contribution is 5.80. The van der Waals surface area contributed by atoms with Crippen molar-refractivity contribution in [2.24, 2.45) is 18.9 Å². The van der Waals surface area contributed by atoms with Crippen LogP contribution in [0.2, 0.25) is 0 Å². The van der Waals surface area contributed by atoms with E-state index in [-0.39, 0.29) is 17.7 Å². The van der Waals surface area contributed by atoms with Crippen molar-refractivity contribution >= 4 is 5.91 Å². The van der Waals surface area contributed by atoms with Gasteiger partial charge in [-0.15, -0.1) is 0 Å². The van der Waals surface area contributed by atoms with Crippen LogP contribution in [0.5, 0.6) is 0 Å². The maximum absolute atomic E-state index is 12.3. The smallest absolute Gasteiger partial charge is 0.224 e. The lowest BCUT2D eigenvalue weighted by atomic mass is 9.79. The van der Waals surface area contributed by atoms with Crippen molar-refractivity contribution in [2.45, 2.75) is 44.1 Å². The minimum atomic E-state index is -0.594. The van der Waals surface area contributed by atoms with Gasteiger partial charge in [-0.25, -0.2) is 0 Å². The zero-order chi connectivity index (χ0) is 17.3. The fourth-order valence-corrected chi connectivity index (χ4v) is 4.31. The molecule has 2 N–H and O–H groups in total. The summed E-state index contributed by atoms with van der Waals surface area (Å²) in [6.45, 7) is 4.44. The van der Waals surface area contributed by atoms with Gasteiger partial charge in [-0.05, 0) is 37.2 Å². The maximum atomic E-state index is 12.3. The standard InChI is InChI=1S/C18H30N4O2/c1-13-4-6-18(24,7-5-13)12-22-10-15(14-8-20-21(3)9-14)16(11-22)17(23)19-2/h8-9,13,15-16,24H,4-7,10-12H2,1-3H3,(H,19,23)/t13?,15-,16+,18?/m1/s1. The van der Waals surface area contributed by atoms with Crippen molar-refractivity contribution in [3.05, 3.63) is 18.0 Å². The Morgan fingerprint density at radius 1 is 1.42 bits per heavy atom. The first-order chi connectivity index (χ1) is 11.4. The van der Waals surface area contributed by atoms with Crippen molar-refractivity contribution < 1.29 is 9.90 Å². The number of nitrogens with zero attached hydrogens (tertiary/aromatic N) is 3. The molecule has 0 aromatic carbocycles. The Labute approximate surface area is 144 Å². The highest BCUT2D eigenvalue weighted by Gasteiger charge is 2.42. The summed E-state index contributed by atoms with van der Waals surface area (Å²) in [5, 5.41) is 18.0. The SMILES string of the molecule is CNC(=O)[C@H]1CN(CC2(O)CCC(C)CC2)C[C@@H]1c1cnn(C)c1. The quantitative estimate of drug-likeness (QED) is 0.866. The summed E-state index contributed by atoms with van der Waals surface area (Å²) < 4.78 is 1.79. The molecule has 2 fully saturated rings. The van der Waals surface area contributed by atoms with E-state index in [1.807, 2.05) is 19.4 Å². The molecular formula is C18H30N4O2. The van der Waals surface area contributed by atoms with Crippen LogP contribution >= 0.6 is 0 Å². The number of aryl methyl sites for hydroxylation is 1. The molecule has 1 saturated carbocycles. The molecule has 0 radical (unpaired) electrons. The third kappa shape index (κ3) is 3.64. The second-order valence-electron chi connectivity index (χ2n) is 7.88. The molecule has 6 nitrogen and oxygen atoms in total. The molecule has 2 aliphatic rings. The average molecular weight is 334 g/mol. The van der Waals surface area contributed by atoms with Gasteiger partial charge in [0.05, 0.1) is 17.7 Å². The molecule has 0 bridgehead atoms. The van der Waals surface area contributed by atoms with Crippen LogP contribution in [-0.4, -0.2) is 58.0 Å². The number of hydrogen-bond donors (Lipinski definition) is 2. The minimum absolute atomic E-state index is 0.0784. The summed E-state index contributed by atoms with van der Waals surface area (Å²) in [6, 6.07) is 0. The van der Waals surface area contributed by atoms with E-state index in [2.05, 4.69) is 22.2 Å². The Hall–Kier alpha value is -1.40. The van der Waals surface area contributed by atoms with Gasteiger partial charge in [0, 0.05) is 45.8 Å². The van der Waals surface area contributed by atoms with Crippen LogP contribution in [0.3, 0.4) is 0 Å². The van der Waals surface area contributed by atoms with Crippen LogP contribution in [0.15, 0.2) is 12.4 Å². The number of β-amino-alcohol motifs (C(OH)–C–C–N with tert-alkyl or cyclic N) is 1. The van der Waals surface area contributed by atoms with Crippen LogP contribution in [0.4, 0.5) is 0 Å². The molecule has 2 atom stereocenters. The zero-order valence-corrected chi connectivity index (χ0v) is 15.0. The van der Waals surface area contributed by atoms with Gasteiger partial charge in [0.1, 0.15) is 0 Å². The van der Waals surface area contributed by atoms with Gasteiger partial charge < -0.3 is 10.4 Å². The summed E-state index contributed by atoms with van der Waals surface area (Å²) in [5.74, 6) is 0.858. The molecule has 134 valence electrons. The van der Waals surface area contributed by atoms with Crippen LogP contribution in [0, 0.1) is 11.8 Å². The van der Waals surface area contributed by atoms with Crippen LogP contribution < -0.4 is 5.32 Å². The fraction of sp³-hybridized carbons (Fsp3) is 0.778. The number of aromatic nitrogens is 2. The van der Waals surface area contributed by atoms with Crippen LogP contribution in [0.1, 0.15) is 44.1 Å². The molecule has 1 saturated heterocycles. The van der Waals surface area contributed by atoms with Crippen molar-refractivity contribution in [1.29, 1.82) is 0 Å². The lowest BCUT2D eigenvalue weighted by molar-refractivity contribution is -0.124. The Morgan fingerprint density at radius 2 is 2.12 bits per heavy atom. The lowest BCUT2D eigenvalue weighted by Gasteiger charge is -2.37. The van der Waals surface area contributed by atoms with Gasteiger partial charge in [-0.1, -0.05) is 6.92 Å². The Morgan fingerprint density at radius 3 is 2.71 bits per heavy atom. The predicted molar refractivity (Wildman–Crippen MR) is 92.5 cm³/mol. The molecule has 6 heteroatoms. The van der Waals surface area contributed by atoms with Crippen LogP contribution in [-0.2, 0) is 11.8 Å². The van der Waals surface area contributed by atoms with Crippen LogP contribution in [0.25, 0.3) is 0 Å². The monoisotopic (exact) mass is 334 g/mol. The lowest BCUT2D eigenvalue weighted by Crippen LogP contribution is -2.45. The Bertz CT molecular complexity index is 577. The highest BCUT2D eigenvalue weighted by atomic mass is 16.3. The van der Waals surface area contributed by atoms with E-state index in [4.69, 9.17) is 0 Å². The summed E-state index contributed by atoms with van der Waals surface area (Å²) in [6.07, 6.45) is 7.78. The molecule has 1 aliphatic carbocycles. The number of hydrogen-bond acceptors (Lipinski definition) is 4. The average Bonchev–Trinajstić information content (AvgIpc) is 3.16. The molecule has 0 unspecified atom stereocenters. The van der Waals surface area contributed by atoms with Gasteiger partial charge in [-0.3, -0.25) is 14.4 Å². The summed E-state index contributed by atoms with van der Waals surface area (Å²) in [4.78, 5) is 14.6. The second-order valence-corrected chi connectivity index (χ2v) is 7.88. The molecule has 1 aliphatic heterocycles.